The van der Waals surface area contributed by atoms with Crippen LogP contribution in [0.2, 0.25) is 0 Å². The maximum Gasteiger partial charge on any atom is 0.132 e. The van der Waals surface area contributed by atoms with Crippen LogP contribution >= 0.6 is 24.8 Å². The lowest BCUT2D eigenvalue weighted by molar-refractivity contribution is 0.751. The highest BCUT2D eigenvalue weighted by Gasteiger charge is 2.19. The van der Waals surface area contributed by atoms with Gasteiger partial charge in [-0.3, -0.25) is 0 Å². The van der Waals surface area contributed by atoms with Crippen LogP contribution in [0.1, 0.15) is 12.1 Å². The molecule has 0 aromatic carbocycles. The van der Waals surface area contributed by atoms with E-state index >= 15 is 0 Å². The van der Waals surface area contributed by atoms with Gasteiger partial charge in [-0.05, 0) is 13.3 Å². The maximum atomic E-state index is 5.82. The van der Waals surface area contributed by atoms with Crippen LogP contribution in [0, 0.1) is 6.92 Å². The van der Waals surface area contributed by atoms with Gasteiger partial charge in [-0.2, -0.15) is 0 Å². The van der Waals surface area contributed by atoms with E-state index in [0.717, 1.165) is 31.0 Å². The van der Waals surface area contributed by atoms with Crippen molar-refractivity contribution < 1.29 is 0 Å². The monoisotopic (exact) mass is 250 g/mol. The highest BCUT2D eigenvalue weighted by molar-refractivity contribution is 5.85. The first-order valence-electron chi connectivity index (χ1n) is 4.55. The summed E-state index contributed by atoms with van der Waals surface area (Å²) in [6.45, 7) is 3.90. The first-order valence-corrected chi connectivity index (χ1v) is 4.55. The van der Waals surface area contributed by atoms with E-state index in [1.54, 1.807) is 6.33 Å². The Morgan fingerprint density at radius 3 is 2.67 bits per heavy atom. The Balaban J connectivity index is 0.000000980. The number of hydrogen-bond acceptors (Lipinski definition) is 4. The molecule has 86 valence electrons. The number of nitrogens with two attached hydrogens (primary N) is 1. The molecular formula is C9H16Cl2N4. The van der Waals surface area contributed by atoms with Crippen molar-refractivity contribution in [2.75, 3.05) is 18.0 Å². The van der Waals surface area contributed by atoms with Gasteiger partial charge >= 0.3 is 0 Å². The van der Waals surface area contributed by atoms with E-state index in [0.29, 0.717) is 6.04 Å². The summed E-state index contributed by atoms with van der Waals surface area (Å²) in [5.41, 5.74) is 6.82. The zero-order valence-electron chi connectivity index (χ0n) is 8.59. The molecule has 0 spiro atoms. The van der Waals surface area contributed by atoms with Crippen molar-refractivity contribution in [1.82, 2.24) is 9.97 Å². The van der Waals surface area contributed by atoms with E-state index in [9.17, 15) is 0 Å². The van der Waals surface area contributed by atoms with Gasteiger partial charge in [0.2, 0.25) is 0 Å². The van der Waals surface area contributed by atoms with E-state index in [-0.39, 0.29) is 24.8 Å². The molecule has 2 rings (SSSR count). The molecule has 0 bridgehead atoms. The summed E-state index contributed by atoms with van der Waals surface area (Å²) in [6, 6.07) is 2.30. The van der Waals surface area contributed by atoms with Gasteiger partial charge in [0.15, 0.2) is 0 Å². The zero-order valence-corrected chi connectivity index (χ0v) is 10.2. The Morgan fingerprint density at radius 1 is 1.40 bits per heavy atom. The average Bonchev–Trinajstić information content (AvgIpc) is 2.52. The van der Waals surface area contributed by atoms with E-state index in [1.807, 2.05) is 13.0 Å². The van der Waals surface area contributed by atoms with Crippen molar-refractivity contribution in [1.29, 1.82) is 0 Å². The Kier molecular flexibility index (Phi) is 5.87. The SMILES string of the molecule is Cc1cc(N2CC[C@@H](N)C2)ncn1.Cl.Cl. The molecule has 1 aliphatic heterocycles. The zero-order chi connectivity index (χ0) is 9.26. The number of nitrogens with zero attached hydrogens (tertiary/aromatic N) is 3. The van der Waals surface area contributed by atoms with Crippen molar-refractivity contribution in [3.05, 3.63) is 18.1 Å². The Labute approximate surface area is 102 Å². The number of rotatable bonds is 1. The van der Waals surface area contributed by atoms with Gasteiger partial charge in [-0.1, -0.05) is 0 Å². The molecule has 0 saturated carbocycles. The molecule has 1 fully saturated rings. The number of aromatic nitrogens is 2. The number of hydrogen-bond donors (Lipinski definition) is 1. The van der Waals surface area contributed by atoms with Crippen LogP contribution in [-0.2, 0) is 0 Å². The van der Waals surface area contributed by atoms with Gasteiger partial charge in [0.05, 0.1) is 0 Å². The van der Waals surface area contributed by atoms with E-state index in [4.69, 9.17) is 5.73 Å². The lowest BCUT2D eigenvalue weighted by Gasteiger charge is -2.16. The first kappa shape index (κ1) is 14.4. The fourth-order valence-corrected chi connectivity index (χ4v) is 1.61. The summed E-state index contributed by atoms with van der Waals surface area (Å²) < 4.78 is 0. The molecule has 4 nitrogen and oxygen atoms in total. The fraction of sp³-hybridized carbons (Fsp3) is 0.556. The molecule has 0 amide bonds. The van der Waals surface area contributed by atoms with Crippen LogP contribution in [0.15, 0.2) is 12.4 Å². The van der Waals surface area contributed by atoms with E-state index < -0.39 is 0 Å². The summed E-state index contributed by atoms with van der Waals surface area (Å²) >= 11 is 0. The highest BCUT2D eigenvalue weighted by Crippen LogP contribution is 2.16. The minimum atomic E-state index is 0. The number of halogens is 2. The van der Waals surface area contributed by atoms with Crippen LogP contribution < -0.4 is 10.6 Å². The van der Waals surface area contributed by atoms with Crippen molar-refractivity contribution in [3.8, 4) is 0 Å². The summed E-state index contributed by atoms with van der Waals surface area (Å²) in [6.07, 6.45) is 2.66. The van der Waals surface area contributed by atoms with Crippen molar-refractivity contribution in [3.63, 3.8) is 0 Å². The molecule has 2 N–H and O–H groups in total. The highest BCUT2D eigenvalue weighted by atomic mass is 35.5. The normalized spacial score (nSPS) is 19.3. The molecule has 0 aliphatic carbocycles. The second kappa shape index (κ2) is 6.10. The van der Waals surface area contributed by atoms with E-state index in [1.165, 1.54) is 0 Å². The molecule has 2 heterocycles. The van der Waals surface area contributed by atoms with Crippen molar-refractivity contribution >= 4 is 30.6 Å². The molecule has 0 unspecified atom stereocenters. The van der Waals surface area contributed by atoms with Crippen molar-refractivity contribution in [2.45, 2.75) is 19.4 Å². The quantitative estimate of drug-likeness (QED) is 0.813. The molecule has 1 atom stereocenters. The Bertz CT molecular complexity index is 308. The fourth-order valence-electron chi connectivity index (χ4n) is 1.61. The van der Waals surface area contributed by atoms with Crippen LogP contribution in [0.3, 0.4) is 0 Å². The molecule has 1 aromatic rings. The van der Waals surface area contributed by atoms with Crippen LogP contribution in [0.5, 0.6) is 0 Å². The molecule has 0 radical (unpaired) electrons. The van der Waals surface area contributed by atoms with Crippen molar-refractivity contribution in [2.24, 2.45) is 5.73 Å². The smallest absolute Gasteiger partial charge is 0.132 e. The number of aryl methyl sites for hydroxylation is 1. The predicted octanol–water partition coefficient (Wildman–Crippen LogP) is 1.17. The van der Waals surface area contributed by atoms with Gasteiger partial charge in [0.25, 0.3) is 0 Å². The standard InChI is InChI=1S/C9H14N4.2ClH/c1-7-4-9(12-6-11-7)13-3-2-8(10)5-13;;/h4,6,8H,2-3,5,10H2,1H3;2*1H/t8-;;/m1../s1. The van der Waals surface area contributed by atoms with Gasteiger partial charge in [-0.25, -0.2) is 9.97 Å². The molecule has 1 aromatic heterocycles. The maximum absolute atomic E-state index is 5.82. The van der Waals surface area contributed by atoms with Crippen LogP contribution in [0.25, 0.3) is 0 Å². The average molecular weight is 251 g/mol. The molecular weight excluding hydrogens is 235 g/mol. The third-order valence-electron chi connectivity index (χ3n) is 2.34. The Hall–Kier alpha value is -0.580. The topological polar surface area (TPSA) is 55.0 Å². The minimum absolute atomic E-state index is 0. The minimum Gasteiger partial charge on any atom is -0.355 e. The van der Waals surface area contributed by atoms with Gasteiger partial charge in [0, 0.05) is 30.9 Å². The first-order chi connectivity index (χ1) is 6.25. The number of anilines is 1. The second-order valence-electron chi connectivity index (χ2n) is 3.51. The summed E-state index contributed by atoms with van der Waals surface area (Å²) in [4.78, 5) is 10.5. The largest absolute Gasteiger partial charge is 0.355 e. The van der Waals surface area contributed by atoms with Gasteiger partial charge < -0.3 is 10.6 Å². The molecule has 1 saturated heterocycles. The van der Waals surface area contributed by atoms with Gasteiger partial charge in [-0.15, -0.1) is 24.8 Å². The summed E-state index contributed by atoms with van der Waals surface area (Å²) in [7, 11) is 0. The lowest BCUT2D eigenvalue weighted by Crippen LogP contribution is -2.26. The van der Waals surface area contributed by atoms with E-state index in [2.05, 4.69) is 14.9 Å². The summed E-state index contributed by atoms with van der Waals surface area (Å²) in [5.74, 6) is 1.00. The lowest BCUT2D eigenvalue weighted by atomic mass is 10.3. The summed E-state index contributed by atoms with van der Waals surface area (Å²) in [5, 5.41) is 0. The third kappa shape index (κ3) is 3.48. The molecule has 15 heavy (non-hydrogen) atoms. The van der Waals surface area contributed by atoms with Crippen LogP contribution in [0.4, 0.5) is 5.82 Å². The second-order valence-corrected chi connectivity index (χ2v) is 3.51. The molecule has 6 heteroatoms. The predicted molar refractivity (Wildman–Crippen MR) is 66.1 cm³/mol. The van der Waals surface area contributed by atoms with Gasteiger partial charge in [0.1, 0.15) is 12.1 Å². The third-order valence-corrected chi connectivity index (χ3v) is 2.34. The Morgan fingerprint density at radius 2 is 2.13 bits per heavy atom. The molecule has 1 aliphatic rings. The van der Waals surface area contributed by atoms with Crippen LogP contribution in [-0.4, -0.2) is 29.1 Å².